The largest absolute Gasteiger partial charge is 0.307 e. The first kappa shape index (κ1) is 14.3. The third-order valence-electron chi connectivity index (χ3n) is 2.53. The van der Waals surface area contributed by atoms with Crippen molar-refractivity contribution in [1.29, 1.82) is 0 Å². The Morgan fingerprint density at radius 2 is 2.05 bits per heavy atom. The number of hydrogen-bond acceptors (Lipinski definition) is 4. The van der Waals surface area contributed by atoms with E-state index in [1.165, 1.54) is 30.3 Å². The topological polar surface area (TPSA) is 85.1 Å². The third kappa shape index (κ3) is 3.93. The van der Waals surface area contributed by atoms with Crippen LogP contribution in [0.5, 0.6) is 0 Å². The fourth-order valence-corrected chi connectivity index (χ4v) is 1.58. The van der Waals surface area contributed by atoms with Gasteiger partial charge in [-0.05, 0) is 24.3 Å². The van der Waals surface area contributed by atoms with Gasteiger partial charge in [-0.2, -0.15) is 0 Å². The quantitative estimate of drug-likeness (QED) is 0.532. The third-order valence-corrected chi connectivity index (χ3v) is 2.53. The van der Waals surface area contributed by atoms with Crippen LogP contribution < -0.4 is 5.32 Å². The first-order valence-corrected chi connectivity index (χ1v) is 5.90. The van der Waals surface area contributed by atoms with E-state index in [1.54, 1.807) is 6.07 Å². The van der Waals surface area contributed by atoms with Crippen molar-refractivity contribution in [2.24, 2.45) is 0 Å². The lowest BCUT2D eigenvalue weighted by Gasteiger charge is -2.00. The maximum absolute atomic E-state index is 12.7. The van der Waals surface area contributed by atoms with Crippen LogP contribution in [-0.4, -0.2) is 15.8 Å². The van der Waals surface area contributed by atoms with Gasteiger partial charge in [0.05, 0.1) is 16.7 Å². The summed E-state index contributed by atoms with van der Waals surface area (Å²) in [6.45, 7) is 0. The molecule has 0 aliphatic carbocycles. The highest BCUT2D eigenvalue weighted by Gasteiger charge is 2.09. The predicted octanol–water partition coefficient (Wildman–Crippen LogP) is 2.78. The summed E-state index contributed by atoms with van der Waals surface area (Å²) in [4.78, 5) is 25.6. The molecule has 1 amide bonds. The number of benzene rings is 1. The Kier molecular flexibility index (Phi) is 4.35. The predicted molar refractivity (Wildman–Crippen MR) is 75.0 cm³/mol. The normalized spacial score (nSPS) is 10.5. The fraction of sp³-hybridized carbons (Fsp3) is 0. The number of halogens is 1. The molecule has 106 valence electrons. The number of aromatic nitrogens is 1. The zero-order valence-corrected chi connectivity index (χ0v) is 10.7. The zero-order valence-electron chi connectivity index (χ0n) is 10.7. The Bertz CT molecular complexity index is 699. The van der Waals surface area contributed by atoms with E-state index in [9.17, 15) is 19.3 Å². The van der Waals surface area contributed by atoms with Gasteiger partial charge in [-0.15, -0.1) is 0 Å². The lowest BCUT2D eigenvalue weighted by Crippen LogP contribution is -2.09. The van der Waals surface area contributed by atoms with Crippen LogP contribution >= 0.6 is 0 Å². The minimum absolute atomic E-state index is 0.0959. The number of amides is 1. The molecule has 0 aliphatic heterocycles. The van der Waals surface area contributed by atoms with E-state index in [2.05, 4.69) is 10.3 Å². The highest BCUT2D eigenvalue weighted by molar-refractivity contribution is 6.01. The van der Waals surface area contributed by atoms with Crippen molar-refractivity contribution >= 4 is 23.5 Å². The van der Waals surface area contributed by atoms with E-state index in [0.717, 1.165) is 18.3 Å². The summed E-state index contributed by atoms with van der Waals surface area (Å²) >= 11 is 0. The molecule has 0 aliphatic rings. The molecule has 2 aromatic rings. The Labute approximate surface area is 119 Å². The van der Waals surface area contributed by atoms with Gasteiger partial charge in [-0.1, -0.05) is 12.1 Å². The Morgan fingerprint density at radius 1 is 1.29 bits per heavy atom. The van der Waals surface area contributed by atoms with Gasteiger partial charge >= 0.3 is 0 Å². The monoisotopic (exact) mass is 287 g/mol. The molecule has 1 aromatic heterocycles. The van der Waals surface area contributed by atoms with E-state index < -0.39 is 16.6 Å². The van der Waals surface area contributed by atoms with Gasteiger partial charge in [0, 0.05) is 12.1 Å². The molecule has 0 saturated heterocycles. The van der Waals surface area contributed by atoms with Gasteiger partial charge < -0.3 is 5.32 Å². The Morgan fingerprint density at radius 3 is 2.71 bits per heavy atom. The molecule has 0 spiro atoms. The van der Waals surface area contributed by atoms with Gasteiger partial charge in [-0.25, -0.2) is 9.37 Å². The highest BCUT2D eigenvalue weighted by Crippen LogP contribution is 2.18. The Balaban J connectivity index is 2.09. The lowest BCUT2D eigenvalue weighted by atomic mass is 10.1. The van der Waals surface area contributed by atoms with Gasteiger partial charge in [-0.3, -0.25) is 14.9 Å². The number of carbonyl (C=O) groups excluding carboxylic acids is 1. The summed E-state index contributed by atoms with van der Waals surface area (Å²) in [6.07, 6.45) is 3.45. The zero-order chi connectivity index (χ0) is 15.2. The SMILES string of the molecule is O=C(C=Cc1ccccc1[N+](=O)[O-])Nc1ccc(F)cn1. The molecular weight excluding hydrogens is 277 g/mol. The van der Waals surface area contributed by atoms with Crippen LogP contribution in [0.1, 0.15) is 5.56 Å². The summed E-state index contributed by atoms with van der Waals surface area (Å²) in [5.74, 6) is -0.843. The maximum atomic E-state index is 12.7. The number of pyridine rings is 1. The van der Waals surface area contributed by atoms with Crippen LogP contribution in [0.2, 0.25) is 0 Å². The first-order chi connectivity index (χ1) is 10.1. The molecule has 0 radical (unpaired) electrons. The highest BCUT2D eigenvalue weighted by atomic mass is 19.1. The van der Waals surface area contributed by atoms with Gasteiger partial charge in [0.15, 0.2) is 0 Å². The second-order valence-electron chi connectivity index (χ2n) is 4.00. The van der Waals surface area contributed by atoms with Crippen LogP contribution in [0.3, 0.4) is 0 Å². The number of nitrogens with one attached hydrogen (secondary N) is 1. The number of hydrogen-bond donors (Lipinski definition) is 1. The van der Waals surface area contributed by atoms with Crippen molar-refractivity contribution in [3.8, 4) is 0 Å². The van der Waals surface area contributed by atoms with E-state index in [4.69, 9.17) is 0 Å². The van der Waals surface area contributed by atoms with Crippen molar-refractivity contribution in [2.45, 2.75) is 0 Å². The minimum Gasteiger partial charge on any atom is -0.307 e. The van der Waals surface area contributed by atoms with Crippen molar-refractivity contribution in [1.82, 2.24) is 4.98 Å². The molecule has 7 heteroatoms. The number of nitro groups is 1. The van der Waals surface area contributed by atoms with Crippen molar-refractivity contribution in [2.75, 3.05) is 5.32 Å². The van der Waals surface area contributed by atoms with E-state index in [0.29, 0.717) is 5.56 Å². The molecule has 2 rings (SSSR count). The maximum Gasteiger partial charge on any atom is 0.276 e. The summed E-state index contributed by atoms with van der Waals surface area (Å²) in [5, 5.41) is 13.2. The minimum atomic E-state index is -0.529. The van der Waals surface area contributed by atoms with E-state index in [1.807, 2.05) is 0 Å². The lowest BCUT2D eigenvalue weighted by molar-refractivity contribution is -0.385. The van der Waals surface area contributed by atoms with Crippen LogP contribution in [0, 0.1) is 15.9 Å². The molecular formula is C14H10FN3O3. The Hall–Kier alpha value is -3.09. The molecule has 6 nitrogen and oxygen atoms in total. The summed E-state index contributed by atoms with van der Waals surface area (Å²) < 4.78 is 12.7. The second kappa shape index (κ2) is 6.38. The molecule has 0 atom stereocenters. The number of nitrogens with zero attached hydrogens (tertiary/aromatic N) is 2. The average Bonchev–Trinajstić information content (AvgIpc) is 2.48. The first-order valence-electron chi connectivity index (χ1n) is 5.90. The van der Waals surface area contributed by atoms with Gasteiger partial charge in [0.25, 0.3) is 5.69 Å². The van der Waals surface area contributed by atoms with Gasteiger partial charge in [0.2, 0.25) is 5.91 Å². The number of anilines is 1. The number of rotatable bonds is 4. The van der Waals surface area contributed by atoms with Crippen molar-refractivity contribution in [3.63, 3.8) is 0 Å². The summed E-state index contributed by atoms with van der Waals surface area (Å²) in [6, 6.07) is 8.52. The van der Waals surface area contributed by atoms with Crippen molar-refractivity contribution < 1.29 is 14.1 Å². The number of para-hydroxylation sites is 1. The number of nitro benzene ring substituents is 1. The molecule has 21 heavy (non-hydrogen) atoms. The van der Waals surface area contributed by atoms with Crippen molar-refractivity contribution in [3.05, 3.63) is 70.2 Å². The van der Waals surface area contributed by atoms with Crippen LogP contribution in [0.4, 0.5) is 15.9 Å². The average molecular weight is 287 g/mol. The molecule has 0 unspecified atom stereocenters. The van der Waals surface area contributed by atoms with Crippen LogP contribution in [0.25, 0.3) is 6.08 Å². The second-order valence-corrected chi connectivity index (χ2v) is 4.00. The van der Waals surface area contributed by atoms with E-state index >= 15 is 0 Å². The molecule has 0 saturated carbocycles. The summed E-state index contributed by atoms with van der Waals surface area (Å²) in [5.41, 5.74) is 0.214. The molecule has 1 aromatic carbocycles. The summed E-state index contributed by atoms with van der Waals surface area (Å²) in [7, 11) is 0. The molecule has 1 N–H and O–H groups in total. The molecule has 0 bridgehead atoms. The molecule has 1 heterocycles. The van der Waals surface area contributed by atoms with E-state index in [-0.39, 0.29) is 11.5 Å². The van der Waals surface area contributed by atoms with Crippen LogP contribution in [0.15, 0.2) is 48.7 Å². The van der Waals surface area contributed by atoms with Crippen LogP contribution in [-0.2, 0) is 4.79 Å². The molecule has 0 fully saturated rings. The fourth-order valence-electron chi connectivity index (χ4n) is 1.58. The van der Waals surface area contributed by atoms with Gasteiger partial charge in [0.1, 0.15) is 11.6 Å². The standard InChI is InChI=1S/C14H10FN3O3/c15-11-6-7-13(16-9-11)17-14(19)8-5-10-3-1-2-4-12(10)18(20)21/h1-9H,(H,16,17,19). The smallest absolute Gasteiger partial charge is 0.276 e. The number of carbonyl (C=O) groups is 1.